The van der Waals surface area contributed by atoms with E-state index >= 15 is 0 Å². The van der Waals surface area contributed by atoms with E-state index in [1.807, 2.05) is 33.3 Å². The number of quaternary nitrogens is 1. The minimum Gasteiger partial charge on any atom is -0.387 e. The number of aliphatic hydroxyl groups is 1. The lowest BCUT2D eigenvalue weighted by Crippen LogP contribution is -2.45. The normalized spacial score (nSPS) is 15.3. The summed E-state index contributed by atoms with van der Waals surface area (Å²) in [6.45, 7) is 4.56. The summed E-state index contributed by atoms with van der Waals surface area (Å²) in [6.07, 6.45) is 55.2. The van der Waals surface area contributed by atoms with Crippen LogP contribution in [0.15, 0.2) is 97.2 Å². The number of phosphoric ester groups is 1. The number of amides is 1. The van der Waals surface area contributed by atoms with Gasteiger partial charge in [-0.15, -0.1) is 0 Å². The third-order valence-corrected chi connectivity index (χ3v) is 10.0. The topological polar surface area (TPSA) is 105 Å². The van der Waals surface area contributed by atoms with Crippen molar-refractivity contribution in [3.63, 3.8) is 0 Å². The van der Waals surface area contributed by atoms with Gasteiger partial charge in [-0.2, -0.15) is 0 Å². The third kappa shape index (κ3) is 41.4. The first-order valence-electron chi connectivity index (χ1n) is 22.1. The summed E-state index contributed by atoms with van der Waals surface area (Å²) in [7, 11) is 1.47. The van der Waals surface area contributed by atoms with Crippen molar-refractivity contribution >= 4 is 13.7 Å². The second-order valence-electron chi connectivity index (χ2n) is 15.7. The van der Waals surface area contributed by atoms with Gasteiger partial charge in [0.15, 0.2) is 0 Å². The fraction of sp³-hybridized carbons (Fsp3) is 0.646. The molecule has 0 aromatic heterocycles. The lowest BCUT2D eigenvalue weighted by Gasteiger charge is -2.25. The van der Waals surface area contributed by atoms with Crippen LogP contribution in [0.5, 0.6) is 0 Å². The Morgan fingerprint density at radius 1 is 0.614 bits per heavy atom. The van der Waals surface area contributed by atoms with E-state index in [4.69, 9.17) is 9.05 Å². The van der Waals surface area contributed by atoms with Crippen LogP contribution in [0, 0.1) is 0 Å². The van der Waals surface area contributed by atoms with Crippen molar-refractivity contribution < 1.29 is 32.9 Å². The lowest BCUT2D eigenvalue weighted by atomic mass is 10.1. The first-order valence-corrected chi connectivity index (χ1v) is 23.6. The molecule has 1 amide bonds. The molecule has 0 heterocycles. The first-order chi connectivity index (χ1) is 27.5. The molecule has 0 saturated heterocycles. The Kier molecular flexibility index (Phi) is 37.2. The Bertz CT molecular complexity index is 1240. The molecule has 8 nitrogen and oxygen atoms in total. The van der Waals surface area contributed by atoms with E-state index in [9.17, 15) is 19.4 Å². The van der Waals surface area contributed by atoms with Crippen LogP contribution in [-0.2, 0) is 18.4 Å². The van der Waals surface area contributed by atoms with Crippen LogP contribution in [-0.4, -0.2) is 73.4 Å². The van der Waals surface area contributed by atoms with Crippen molar-refractivity contribution in [1.29, 1.82) is 0 Å². The van der Waals surface area contributed by atoms with Crippen LogP contribution in [0.2, 0.25) is 0 Å². The lowest BCUT2D eigenvalue weighted by molar-refractivity contribution is -0.870. The van der Waals surface area contributed by atoms with Gasteiger partial charge in [0.05, 0.1) is 39.9 Å². The largest absolute Gasteiger partial charge is 0.472 e. The number of carbonyl (C=O) groups excluding carboxylic acids is 1. The van der Waals surface area contributed by atoms with Gasteiger partial charge in [-0.25, -0.2) is 4.57 Å². The minimum atomic E-state index is -4.38. The zero-order valence-corrected chi connectivity index (χ0v) is 37.7. The highest BCUT2D eigenvalue weighted by Gasteiger charge is 2.27. The number of aliphatic hydroxyl groups excluding tert-OH is 1. The zero-order chi connectivity index (χ0) is 42.1. The molecule has 0 aromatic carbocycles. The predicted octanol–water partition coefficient (Wildman–Crippen LogP) is 12.4. The van der Waals surface area contributed by atoms with Crippen LogP contribution >= 0.6 is 7.82 Å². The zero-order valence-electron chi connectivity index (χ0n) is 36.8. The van der Waals surface area contributed by atoms with Crippen LogP contribution in [0.4, 0.5) is 0 Å². The summed E-state index contributed by atoms with van der Waals surface area (Å²) in [6, 6.07) is -0.929. The maximum atomic E-state index is 12.8. The molecular weight excluding hydrogens is 732 g/mol. The molecule has 3 unspecified atom stereocenters. The van der Waals surface area contributed by atoms with Crippen molar-refractivity contribution in [2.75, 3.05) is 40.9 Å². The van der Waals surface area contributed by atoms with Crippen molar-refractivity contribution in [3.8, 4) is 0 Å². The Morgan fingerprint density at radius 2 is 1.07 bits per heavy atom. The standard InChI is InChI=1S/C48H83N2O6P/c1-6-8-10-12-14-16-18-20-22-23-24-25-26-28-29-31-33-35-37-39-41-47(51)46(45-56-57(53,54)55-44-43-50(3,4)5)49-48(52)42-40-38-36-34-32-30-27-21-19-17-15-13-11-9-7-2/h9,11,15,17,21,25-27,31-34,38-41,46-47,51H,6-8,10,12-14,16,18-20,22-24,28-30,35-37,42-45H2,1-5H3,(H-,49,52,53,54)/p+1/b11-9-,17-15-,26-25+,27-21-,33-31+,34-32-,40-38-,41-39+. The number of nitrogens with zero attached hydrogens (tertiary/aromatic N) is 1. The SMILES string of the molecule is CC/C=C\C/C=C\C/C=C\C/C=C\C/C=C\CC(=O)NC(COP(=O)(O)OCC[N+](C)(C)C)C(O)/C=C/CC/C=C/CC/C=C/CCCCCCCCCCCC. The molecule has 0 aliphatic rings. The number of hydrogen-bond acceptors (Lipinski definition) is 5. The van der Waals surface area contributed by atoms with Gasteiger partial charge in [-0.05, 0) is 70.6 Å². The van der Waals surface area contributed by atoms with Gasteiger partial charge in [0, 0.05) is 6.42 Å². The van der Waals surface area contributed by atoms with E-state index in [1.165, 1.54) is 70.6 Å². The first kappa shape index (κ1) is 54.4. The number of hydrogen-bond donors (Lipinski definition) is 3. The van der Waals surface area contributed by atoms with Gasteiger partial charge in [0.1, 0.15) is 13.2 Å². The Labute approximate surface area is 349 Å². The highest BCUT2D eigenvalue weighted by atomic mass is 31.2. The monoisotopic (exact) mass is 816 g/mol. The number of carbonyl (C=O) groups is 1. The molecule has 0 aliphatic heterocycles. The van der Waals surface area contributed by atoms with E-state index in [2.05, 4.69) is 92.1 Å². The summed E-state index contributed by atoms with van der Waals surface area (Å²) < 4.78 is 23.5. The number of allylic oxidation sites excluding steroid dienone is 14. The van der Waals surface area contributed by atoms with E-state index in [0.29, 0.717) is 17.4 Å². The van der Waals surface area contributed by atoms with Crippen LogP contribution < -0.4 is 5.32 Å². The van der Waals surface area contributed by atoms with E-state index in [-0.39, 0.29) is 25.5 Å². The molecule has 326 valence electrons. The number of likely N-dealkylation sites (N-methyl/N-ethyl adjacent to an activating group) is 1. The molecule has 0 bridgehead atoms. The van der Waals surface area contributed by atoms with Gasteiger partial charge >= 0.3 is 7.82 Å². The highest BCUT2D eigenvalue weighted by Crippen LogP contribution is 2.43. The maximum Gasteiger partial charge on any atom is 0.472 e. The molecule has 9 heteroatoms. The summed E-state index contributed by atoms with van der Waals surface area (Å²) >= 11 is 0. The van der Waals surface area contributed by atoms with E-state index in [1.54, 1.807) is 12.2 Å². The number of unbranched alkanes of at least 4 members (excludes halogenated alkanes) is 12. The van der Waals surface area contributed by atoms with Crippen LogP contribution in [0.1, 0.15) is 149 Å². The predicted molar refractivity (Wildman–Crippen MR) is 244 cm³/mol. The highest BCUT2D eigenvalue weighted by molar-refractivity contribution is 7.47. The maximum absolute atomic E-state index is 12.8. The van der Waals surface area contributed by atoms with Crippen LogP contribution in [0.3, 0.4) is 0 Å². The number of rotatable bonds is 38. The molecule has 3 atom stereocenters. The molecule has 0 aliphatic carbocycles. The van der Waals surface area contributed by atoms with Gasteiger partial charge < -0.3 is 19.8 Å². The summed E-state index contributed by atoms with van der Waals surface area (Å²) in [4.78, 5) is 23.0. The number of nitrogens with one attached hydrogen (secondary N) is 1. The van der Waals surface area contributed by atoms with Gasteiger partial charge in [-0.3, -0.25) is 13.8 Å². The Morgan fingerprint density at radius 3 is 1.58 bits per heavy atom. The fourth-order valence-electron chi connectivity index (χ4n) is 5.55. The number of phosphoric acid groups is 1. The Balaban J connectivity index is 4.65. The smallest absolute Gasteiger partial charge is 0.387 e. The molecule has 0 aromatic rings. The van der Waals surface area contributed by atoms with Crippen molar-refractivity contribution in [1.82, 2.24) is 5.32 Å². The third-order valence-electron chi connectivity index (χ3n) is 9.04. The van der Waals surface area contributed by atoms with Crippen molar-refractivity contribution in [3.05, 3.63) is 97.2 Å². The summed E-state index contributed by atoms with van der Waals surface area (Å²) in [5, 5.41) is 13.7. The van der Waals surface area contributed by atoms with Crippen LogP contribution in [0.25, 0.3) is 0 Å². The summed E-state index contributed by atoms with van der Waals surface area (Å²) in [5.41, 5.74) is 0. The average Bonchev–Trinajstić information content (AvgIpc) is 3.16. The second-order valence-corrected chi connectivity index (χ2v) is 17.1. The minimum absolute atomic E-state index is 0.0318. The summed E-state index contributed by atoms with van der Waals surface area (Å²) in [5.74, 6) is -0.323. The molecule has 0 radical (unpaired) electrons. The molecule has 0 rings (SSSR count). The molecule has 0 saturated carbocycles. The fourth-order valence-corrected chi connectivity index (χ4v) is 6.29. The molecule has 57 heavy (non-hydrogen) atoms. The second kappa shape index (κ2) is 38.9. The molecule has 3 N–H and O–H groups in total. The average molecular weight is 816 g/mol. The van der Waals surface area contributed by atoms with E-state index in [0.717, 1.165) is 51.4 Å². The molecule has 0 spiro atoms. The van der Waals surface area contributed by atoms with Gasteiger partial charge in [0.2, 0.25) is 5.91 Å². The van der Waals surface area contributed by atoms with Gasteiger partial charge in [0.25, 0.3) is 0 Å². The van der Waals surface area contributed by atoms with Crippen molar-refractivity contribution in [2.45, 2.75) is 161 Å². The van der Waals surface area contributed by atoms with E-state index < -0.39 is 20.0 Å². The Hall–Kier alpha value is -2.58. The molecular formula is C48H84N2O6P+. The quantitative estimate of drug-likeness (QED) is 0.0248. The molecule has 0 fully saturated rings. The van der Waals surface area contributed by atoms with Crippen molar-refractivity contribution in [2.24, 2.45) is 0 Å². The van der Waals surface area contributed by atoms with Gasteiger partial charge in [-0.1, -0.05) is 169 Å².